The molecule has 0 saturated carbocycles. The smallest absolute Gasteiger partial charge is 0.248 e. The minimum atomic E-state index is -0.206. The minimum Gasteiger partial charge on any atom is -0.493 e. The van der Waals surface area contributed by atoms with Crippen LogP contribution in [0.4, 0.5) is 5.69 Å². The molecule has 2 aromatic carbocycles. The molecule has 0 spiro atoms. The van der Waals surface area contributed by atoms with E-state index >= 15 is 0 Å². The van der Waals surface area contributed by atoms with Gasteiger partial charge in [-0.3, -0.25) is 4.79 Å². The number of hydrogen-bond donors (Lipinski definition) is 1. The zero-order chi connectivity index (χ0) is 17.6. The lowest BCUT2D eigenvalue weighted by Gasteiger charge is -2.11. The van der Waals surface area contributed by atoms with Crippen LogP contribution in [0.25, 0.3) is 6.08 Å². The van der Waals surface area contributed by atoms with Crippen molar-refractivity contribution in [2.24, 2.45) is 0 Å². The molecular formula is C20H21NO4. The van der Waals surface area contributed by atoms with Crippen molar-refractivity contribution in [2.75, 3.05) is 25.6 Å². The van der Waals surface area contributed by atoms with Crippen LogP contribution in [0.1, 0.15) is 18.1 Å². The van der Waals surface area contributed by atoms with Crippen molar-refractivity contribution in [1.29, 1.82) is 0 Å². The molecule has 1 aliphatic heterocycles. The molecule has 0 bridgehead atoms. The summed E-state index contributed by atoms with van der Waals surface area (Å²) in [6.07, 6.45) is 4.22. The molecule has 5 heteroatoms. The summed E-state index contributed by atoms with van der Waals surface area (Å²) in [6, 6.07) is 11.2. The first-order valence-corrected chi connectivity index (χ1v) is 8.25. The second kappa shape index (κ2) is 7.75. The lowest BCUT2D eigenvalue weighted by molar-refractivity contribution is -0.111. The third-order valence-electron chi connectivity index (χ3n) is 3.87. The Balaban J connectivity index is 1.66. The van der Waals surface area contributed by atoms with E-state index in [1.807, 2.05) is 25.1 Å². The molecule has 1 amide bonds. The number of ether oxygens (including phenoxy) is 3. The Morgan fingerprint density at radius 3 is 2.92 bits per heavy atom. The second-order valence-corrected chi connectivity index (χ2v) is 5.59. The number of anilines is 1. The van der Waals surface area contributed by atoms with E-state index in [9.17, 15) is 4.79 Å². The summed E-state index contributed by atoms with van der Waals surface area (Å²) >= 11 is 0. The van der Waals surface area contributed by atoms with Crippen molar-refractivity contribution < 1.29 is 19.0 Å². The number of fused-ring (bicyclic) bond motifs is 1. The number of carbonyl (C=O) groups excluding carboxylic acids is 1. The zero-order valence-electron chi connectivity index (χ0n) is 14.4. The Morgan fingerprint density at radius 1 is 1.24 bits per heavy atom. The predicted molar refractivity (Wildman–Crippen MR) is 97.5 cm³/mol. The summed E-state index contributed by atoms with van der Waals surface area (Å²) < 4.78 is 16.2. The summed E-state index contributed by atoms with van der Waals surface area (Å²) in [5.74, 6) is 1.96. The first kappa shape index (κ1) is 16.9. The summed E-state index contributed by atoms with van der Waals surface area (Å²) in [5.41, 5.74) is 2.81. The molecule has 1 N–H and O–H groups in total. The van der Waals surface area contributed by atoms with Crippen molar-refractivity contribution >= 4 is 17.7 Å². The van der Waals surface area contributed by atoms with Gasteiger partial charge in [0.15, 0.2) is 11.5 Å². The summed E-state index contributed by atoms with van der Waals surface area (Å²) in [7, 11) is 1.57. The topological polar surface area (TPSA) is 56.8 Å². The van der Waals surface area contributed by atoms with Gasteiger partial charge in [0.2, 0.25) is 5.91 Å². The Bertz CT molecular complexity index is 798. The minimum absolute atomic E-state index is 0.206. The quantitative estimate of drug-likeness (QED) is 0.816. The fraction of sp³-hybridized carbons (Fsp3) is 0.250. The van der Waals surface area contributed by atoms with E-state index in [0.717, 1.165) is 24.3 Å². The molecule has 0 fully saturated rings. The van der Waals surface area contributed by atoms with Gasteiger partial charge in [-0.25, -0.2) is 0 Å². The number of nitrogens with one attached hydrogen (secondary N) is 1. The van der Waals surface area contributed by atoms with Gasteiger partial charge in [-0.15, -0.1) is 0 Å². The number of carbonyl (C=O) groups is 1. The van der Waals surface area contributed by atoms with Gasteiger partial charge in [-0.1, -0.05) is 6.07 Å². The third-order valence-corrected chi connectivity index (χ3v) is 3.87. The average Bonchev–Trinajstić information content (AvgIpc) is 3.09. The molecule has 1 aliphatic rings. The van der Waals surface area contributed by atoms with Gasteiger partial charge >= 0.3 is 0 Å². The van der Waals surface area contributed by atoms with Crippen LogP contribution < -0.4 is 19.5 Å². The van der Waals surface area contributed by atoms with Crippen molar-refractivity contribution in [3.8, 4) is 17.2 Å². The number of hydrogen-bond acceptors (Lipinski definition) is 4. The molecule has 3 rings (SSSR count). The Hall–Kier alpha value is -2.95. The normalized spacial score (nSPS) is 12.6. The zero-order valence-corrected chi connectivity index (χ0v) is 14.4. The molecule has 0 aliphatic carbocycles. The highest BCUT2D eigenvalue weighted by molar-refractivity contribution is 6.02. The maximum atomic E-state index is 12.1. The average molecular weight is 339 g/mol. The molecule has 0 unspecified atom stereocenters. The van der Waals surface area contributed by atoms with Crippen LogP contribution in [-0.4, -0.2) is 26.2 Å². The van der Waals surface area contributed by atoms with E-state index in [1.165, 1.54) is 11.6 Å². The molecule has 0 atom stereocenters. The van der Waals surface area contributed by atoms with Crippen LogP contribution >= 0.6 is 0 Å². The Labute approximate surface area is 147 Å². The highest BCUT2D eigenvalue weighted by Gasteiger charge is 2.11. The van der Waals surface area contributed by atoms with Crippen LogP contribution in [0, 0.1) is 0 Å². The van der Waals surface area contributed by atoms with Crippen molar-refractivity contribution in [2.45, 2.75) is 13.3 Å². The monoisotopic (exact) mass is 339 g/mol. The maximum absolute atomic E-state index is 12.1. The number of benzene rings is 2. The van der Waals surface area contributed by atoms with Crippen LogP contribution in [0.5, 0.6) is 17.2 Å². The number of methoxy groups -OCH3 is 1. The summed E-state index contributed by atoms with van der Waals surface area (Å²) in [4.78, 5) is 12.1. The summed E-state index contributed by atoms with van der Waals surface area (Å²) in [5, 5.41) is 2.82. The van der Waals surface area contributed by atoms with Crippen molar-refractivity contribution in [3.05, 3.63) is 53.6 Å². The SMILES string of the molecule is CCOc1ccc(NC(=O)/C=C/c2ccc3c(c2)CCO3)cc1OC. The maximum Gasteiger partial charge on any atom is 0.248 e. The largest absolute Gasteiger partial charge is 0.493 e. The molecular weight excluding hydrogens is 318 g/mol. The van der Waals surface area contributed by atoms with Gasteiger partial charge in [0.25, 0.3) is 0 Å². The van der Waals surface area contributed by atoms with Gasteiger partial charge < -0.3 is 19.5 Å². The molecule has 5 nitrogen and oxygen atoms in total. The molecule has 130 valence electrons. The fourth-order valence-corrected chi connectivity index (χ4v) is 2.69. The van der Waals surface area contributed by atoms with E-state index in [0.29, 0.717) is 23.8 Å². The van der Waals surface area contributed by atoms with Crippen LogP contribution in [0.2, 0.25) is 0 Å². The van der Waals surface area contributed by atoms with E-state index in [4.69, 9.17) is 14.2 Å². The van der Waals surface area contributed by atoms with Gasteiger partial charge in [0.05, 0.1) is 20.3 Å². The van der Waals surface area contributed by atoms with Gasteiger partial charge in [-0.05, 0) is 48.4 Å². The lowest BCUT2D eigenvalue weighted by Crippen LogP contribution is -2.08. The predicted octanol–water partition coefficient (Wildman–Crippen LogP) is 3.68. The van der Waals surface area contributed by atoms with Crippen LogP contribution in [0.3, 0.4) is 0 Å². The van der Waals surface area contributed by atoms with E-state index in [-0.39, 0.29) is 5.91 Å². The molecule has 1 heterocycles. The van der Waals surface area contributed by atoms with E-state index in [1.54, 1.807) is 31.4 Å². The molecule has 0 aromatic heterocycles. The first-order valence-electron chi connectivity index (χ1n) is 8.25. The number of rotatable bonds is 6. The van der Waals surface area contributed by atoms with E-state index in [2.05, 4.69) is 5.32 Å². The Morgan fingerprint density at radius 2 is 2.12 bits per heavy atom. The lowest BCUT2D eigenvalue weighted by atomic mass is 10.1. The fourth-order valence-electron chi connectivity index (χ4n) is 2.69. The highest BCUT2D eigenvalue weighted by atomic mass is 16.5. The summed E-state index contributed by atoms with van der Waals surface area (Å²) in [6.45, 7) is 3.18. The highest BCUT2D eigenvalue weighted by Crippen LogP contribution is 2.30. The Kier molecular flexibility index (Phi) is 5.23. The first-order chi connectivity index (χ1) is 12.2. The van der Waals surface area contributed by atoms with Gasteiger partial charge in [-0.2, -0.15) is 0 Å². The second-order valence-electron chi connectivity index (χ2n) is 5.59. The van der Waals surface area contributed by atoms with Crippen molar-refractivity contribution in [1.82, 2.24) is 0 Å². The standard InChI is InChI=1S/C20H21NO4/c1-3-24-18-8-6-16(13-19(18)23-2)21-20(22)9-5-14-4-7-17-15(12-14)10-11-25-17/h4-9,12-13H,3,10-11H2,1-2H3,(H,21,22)/b9-5+. The molecule has 2 aromatic rings. The number of amides is 1. The van der Waals surface area contributed by atoms with E-state index < -0.39 is 0 Å². The van der Waals surface area contributed by atoms with Crippen LogP contribution in [0.15, 0.2) is 42.5 Å². The van der Waals surface area contributed by atoms with Gasteiger partial charge in [0, 0.05) is 24.3 Å². The van der Waals surface area contributed by atoms with Crippen molar-refractivity contribution in [3.63, 3.8) is 0 Å². The molecule has 25 heavy (non-hydrogen) atoms. The van der Waals surface area contributed by atoms with Gasteiger partial charge in [0.1, 0.15) is 5.75 Å². The molecule has 0 radical (unpaired) electrons. The van der Waals surface area contributed by atoms with Crippen LogP contribution in [-0.2, 0) is 11.2 Å². The third kappa shape index (κ3) is 4.12. The molecule has 0 saturated heterocycles.